The Morgan fingerprint density at radius 3 is 2.53 bits per heavy atom. The van der Waals surface area contributed by atoms with Gasteiger partial charge in [0, 0.05) is 6.42 Å². The lowest BCUT2D eigenvalue weighted by atomic mass is 10.1. The molecule has 0 saturated heterocycles. The Bertz CT molecular complexity index is 311. The zero-order valence-electron chi connectivity index (χ0n) is 12.4. The van der Waals surface area contributed by atoms with Crippen molar-refractivity contribution in [3.05, 3.63) is 36.0 Å². The molecule has 0 aliphatic carbocycles. The molecule has 0 aromatic carbocycles. The molecule has 0 aliphatic rings. The maximum atomic E-state index is 10.3. The second-order valence-corrected chi connectivity index (χ2v) is 4.83. The molecular formula is C17H28O2. The van der Waals surface area contributed by atoms with Crippen molar-refractivity contribution in [2.45, 2.75) is 65.2 Å². The van der Waals surface area contributed by atoms with E-state index in [1.54, 1.807) is 0 Å². The van der Waals surface area contributed by atoms with Crippen molar-refractivity contribution < 1.29 is 9.90 Å². The lowest BCUT2D eigenvalue weighted by Crippen LogP contribution is -1.93. The molecule has 1 N–H and O–H groups in total. The summed E-state index contributed by atoms with van der Waals surface area (Å²) in [7, 11) is 0. The molecule has 19 heavy (non-hydrogen) atoms. The molecule has 0 aromatic heterocycles. The number of allylic oxidation sites excluding steroid dienone is 6. The highest BCUT2D eigenvalue weighted by atomic mass is 16.4. The average molecular weight is 264 g/mol. The minimum absolute atomic E-state index is 0.302. The number of rotatable bonds is 11. The van der Waals surface area contributed by atoms with Crippen LogP contribution in [0.25, 0.3) is 0 Å². The van der Waals surface area contributed by atoms with E-state index in [2.05, 4.69) is 44.2 Å². The molecule has 2 nitrogen and oxygen atoms in total. The lowest BCUT2D eigenvalue weighted by Gasteiger charge is -1.96. The Morgan fingerprint density at radius 1 is 1.05 bits per heavy atom. The summed E-state index contributed by atoms with van der Waals surface area (Å²) in [5, 5.41) is 8.49. The summed E-state index contributed by atoms with van der Waals surface area (Å²) in [4.78, 5) is 10.3. The molecule has 108 valence electrons. The third kappa shape index (κ3) is 14.6. The van der Waals surface area contributed by atoms with Crippen molar-refractivity contribution in [1.82, 2.24) is 0 Å². The van der Waals surface area contributed by atoms with Crippen LogP contribution in [0.3, 0.4) is 0 Å². The molecule has 0 rings (SSSR count). The number of hydrogen-bond acceptors (Lipinski definition) is 1. The Morgan fingerprint density at radius 2 is 1.84 bits per heavy atom. The largest absolute Gasteiger partial charge is 0.481 e. The summed E-state index contributed by atoms with van der Waals surface area (Å²) in [5.41, 5.74) is 1.41. The van der Waals surface area contributed by atoms with Crippen LogP contribution in [-0.2, 0) is 4.79 Å². The zero-order chi connectivity index (χ0) is 14.3. The first-order valence-corrected chi connectivity index (χ1v) is 7.34. The van der Waals surface area contributed by atoms with E-state index in [1.807, 2.05) is 0 Å². The predicted octanol–water partition coefficient (Wildman–Crippen LogP) is 5.27. The smallest absolute Gasteiger partial charge is 0.303 e. The van der Waals surface area contributed by atoms with Gasteiger partial charge in [-0.1, -0.05) is 49.3 Å². The van der Waals surface area contributed by atoms with Gasteiger partial charge in [-0.25, -0.2) is 0 Å². The Hall–Kier alpha value is -1.31. The van der Waals surface area contributed by atoms with Crippen LogP contribution in [0, 0.1) is 0 Å². The molecule has 2 heteroatoms. The SMILES string of the molecule is CC/C=C\C/C=C(/C)C/C=C\CCCCCC(=O)O. The number of unbranched alkanes of at least 4 members (excludes halogenated alkanes) is 3. The molecule has 0 spiro atoms. The van der Waals surface area contributed by atoms with Crippen LogP contribution in [0.2, 0.25) is 0 Å². The van der Waals surface area contributed by atoms with Crippen molar-refractivity contribution in [2.75, 3.05) is 0 Å². The highest BCUT2D eigenvalue weighted by molar-refractivity contribution is 5.66. The summed E-state index contributed by atoms with van der Waals surface area (Å²) < 4.78 is 0. The second-order valence-electron chi connectivity index (χ2n) is 4.83. The summed E-state index contributed by atoms with van der Waals surface area (Å²) in [6.07, 6.45) is 18.5. The van der Waals surface area contributed by atoms with E-state index in [0.29, 0.717) is 6.42 Å². The molecule has 0 radical (unpaired) electrons. The van der Waals surface area contributed by atoms with Gasteiger partial charge >= 0.3 is 5.97 Å². The average Bonchev–Trinajstić information content (AvgIpc) is 2.37. The van der Waals surface area contributed by atoms with E-state index in [-0.39, 0.29) is 0 Å². The summed E-state index contributed by atoms with van der Waals surface area (Å²) in [5.74, 6) is -0.687. The van der Waals surface area contributed by atoms with E-state index in [9.17, 15) is 4.79 Å². The van der Waals surface area contributed by atoms with Crippen molar-refractivity contribution in [3.8, 4) is 0 Å². The first-order chi connectivity index (χ1) is 9.16. The van der Waals surface area contributed by atoms with Crippen LogP contribution >= 0.6 is 0 Å². The van der Waals surface area contributed by atoms with Gasteiger partial charge in [-0.3, -0.25) is 4.79 Å². The third-order valence-corrected chi connectivity index (χ3v) is 2.87. The molecule has 0 amide bonds. The third-order valence-electron chi connectivity index (χ3n) is 2.87. The fourth-order valence-corrected chi connectivity index (χ4v) is 1.72. The number of aliphatic carboxylic acids is 1. The van der Waals surface area contributed by atoms with E-state index >= 15 is 0 Å². The van der Waals surface area contributed by atoms with E-state index in [1.165, 1.54) is 5.57 Å². The monoisotopic (exact) mass is 264 g/mol. The second kappa shape index (κ2) is 13.1. The van der Waals surface area contributed by atoms with Crippen LogP contribution in [0.1, 0.15) is 65.2 Å². The molecule has 0 bridgehead atoms. The number of hydrogen-bond donors (Lipinski definition) is 1. The number of carboxylic acid groups (broad SMARTS) is 1. The van der Waals surface area contributed by atoms with Crippen molar-refractivity contribution in [2.24, 2.45) is 0 Å². The highest BCUT2D eigenvalue weighted by Crippen LogP contribution is 2.07. The molecular weight excluding hydrogens is 236 g/mol. The Balaban J connectivity index is 3.51. The Kier molecular flexibility index (Phi) is 12.2. The molecule has 0 saturated carbocycles. The molecule has 0 fully saturated rings. The maximum Gasteiger partial charge on any atom is 0.303 e. The van der Waals surface area contributed by atoms with Crippen LogP contribution in [0.5, 0.6) is 0 Å². The van der Waals surface area contributed by atoms with Gasteiger partial charge in [0.15, 0.2) is 0 Å². The highest BCUT2D eigenvalue weighted by Gasteiger charge is 1.94. The van der Waals surface area contributed by atoms with Crippen LogP contribution in [-0.4, -0.2) is 11.1 Å². The molecule has 0 aromatic rings. The summed E-state index contributed by atoms with van der Waals surface area (Å²) >= 11 is 0. The number of carboxylic acids is 1. The standard InChI is InChI=1S/C17H28O2/c1-3-4-5-10-13-16(2)14-11-8-6-7-9-12-15-17(18)19/h4-5,8,11,13H,3,6-7,9-10,12,14-15H2,1-2H3,(H,18,19)/b5-4-,11-8-,16-13-. The first kappa shape index (κ1) is 17.7. The van der Waals surface area contributed by atoms with Gasteiger partial charge < -0.3 is 5.11 Å². The first-order valence-electron chi connectivity index (χ1n) is 7.34. The van der Waals surface area contributed by atoms with E-state index in [4.69, 9.17) is 5.11 Å². The predicted molar refractivity (Wildman–Crippen MR) is 82.3 cm³/mol. The molecule has 0 aliphatic heterocycles. The van der Waals surface area contributed by atoms with Crippen LogP contribution in [0.4, 0.5) is 0 Å². The fourth-order valence-electron chi connectivity index (χ4n) is 1.72. The van der Waals surface area contributed by atoms with Crippen LogP contribution in [0.15, 0.2) is 36.0 Å². The molecule has 0 heterocycles. The molecule has 0 unspecified atom stereocenters. The normalized spacial score (nSPS) is 12.6. The van der Waals surface area contributed by atoms with Gasteiger partial charge in [0.25, 0.3) is 0 Å². The minimum Gasteiger partial charge on any atom is -0.481 e. The van der Waals surface area contributed by atoms with Gasteiger partial charge in [-0.05, 0) is 45.4 Å². The van der Waals surface area contributed by atoms with Gasteiger partial charge in [-0.2, -0.15) is 0 Å². The summed E-state index contributed by atoms with van der Waals surface area (Å²) in [6.45, 7) is 4.31. The van der Waals surface area contributed by atoms with E-state index in [0.717, 1.165) is 44.9 Å². The van der Waals surface area contributed by atoms with Crippen molar-refractivity contribution in [1.29, 1.82) is 0 Å². The number of carbonyl (C=O) groups is 1. The van der Waals surface area contributed by atoms with E-state index < -0.39 is 5.97 Å². The maximum absolute atomic E-state index is 10.3. The van der Waals surface area contributed by atoms with Crippen molar-refractivity contribution in [3.63, 3.8) is 0 Å². The quantitative estimate of drug-likeness (QED) is 0.407. The minimum atomic E-state index is -0.687. The topological polar surface area (TPSA) is 37.3 Å². The lowest BCUT2D eigenvalue weighted by molar-refractivity contribution is -0.137. The fraction of sp³-hybridized carbons (Fsp3) is 0.588. The van der Waals surface area contributed by atoms with Crippen LogP contribution < -0.4 is 0 Å². The van der Waals surface area contributed by atoms with Gasteiger partial charge in [0.1, 0.15) is 0 Å². The van der Waals surface area contributed by atoms with Gasteiger partial charge in [0.2, 0.25) is 0 Å². The summed E-state index contributed by atoms with van der Waals surface area (Å²) in [6, 6.07) is 0. The molecule has 0 atom stereocenters. The van der Waals surface area contributed by atoms with Gasteiger partial charge in [0.05, 0.1) is 0 Å². The Labute approximate surface area is 117 Å². The zero-order valence-corrected chi connectivity index (χ0v) is 12.4. The van der Waals surface area contributed by atoms with Crippen molar-refractivity contribution >= 4 is 5.97 Å². The van der Waals surface area contributed by atoms with Gasteiger partial charge in [-0.15, -0.1) is 0 Å².